The molecule has 1 spiro atoms. The summed E-state index contributed by atoms with van der Waals surface area (Å²) in [5.74, 6) is 1.42. The summed E-state index contributed by atoms with van der Waals surface area (Å²) in [5, 5.41) is 10.5. The highest BCUT2D eigenvalue weighted by molar-refractivity contribution is 5.93. The van der Waals surface area contributed by atoms with Gasteiger partial charge in [-0.1, -0.05) is 6.07 Å². The van der Waals surface area contributed by atoms with Gasteiger partial charge >= 0.3 is 5.82 Å². The molecule has 1 saturated carbocycles. The number of hydrogen-bond donors (Lipinski definition) is 1. The van der Waals surface area contributed by atoms with Gasteiger partial charge in [0, 0.05) is 18.0 Å². The van der Waals surface area contributed by atoms with Crippen molar-refractivity contribution in [3.05, 3.63) is 45.4 Å². The van der Waals surface area contributed by atoms with Gasteiger partial charge < -0.3 is 18.7 Å². The van der Waals surface area contributed by atoms with Crippen molar-refractivity contribution in [2.45, 2.75) is 63.1 Å². The van der Waals surface area contributed by atoms with Gasteiger partial charge in [-0.3, -0.25) is 9.69 Å². The maximum atomic E-state index is 13.1. The molecule has 7 nitrogen and oxygen atoms in total. The second kappa shape index (κ2) is 5.33. The molecule has 6 rings (SSSR count). The fourth-order valence-electron chi connectivity index (χ4n) is 6.73. The number of ketones is 1. The topological polar surface area (TPSA) is 93.1 Å². The van der Waals surface area contributed by atoms with Gasteiger partial charge in [-0.05, 0) is 57.2 Å². The summed E-state index contributed by atoms with van der Waals surface area (Å²) in [6.07, 6.45) is 2.88. The van der Waals surface area contributed by atoms with Crippen molar-refractivity contribution in [2.24, 2.45) is 5.92 Å². The first-order valence-corrected chi connectivity index (χ1v) is 10.3. The molecule has 4 atom stereocenters. The number of aromatic hydroxyl groups is 1. The number of benzene rings is 1. The van der Waals surface area contributed by atoms with E-state index < -0.39 is 16.8 Å². The molecule has 29 heavy (non-hydrogen) atoms. The van der Waals surface area contributed by atoms with Gasteiger partial charge in [0.25, 0.3) is 0 Å². The van der Waals surface area contributed by atoms with Crippen LogP contribution in [0.2, 0.25) is 0 Å². The van der Waals surface area contributed by atoms with Crippen LogP contribution in [0.15, 0.2) is 25.8 Å². The van der Waals surface area contributed by atoms with Crippen molar-refractivity contribution in [1.82, 2.24) is 4.90 Å². The lowest BCUT2D eigenvalue weighted by molar-refractivity contribution is -0.155. The van der Waals surface area contributed by atoms with E-state index in [1.165, 1.54) is 0 Å². The number of hydrogen-bond acceptors (Lipinski definition) is 7. The highest BCUT2D eigenvalue weighted by Gasteiger charge is 2.71. The zero-order valence-corrected chi connectivity index (χ0v) is 16.5. The Hall–Kier alpha value is -2.54. The monoisotopic (exact) mass is 397 g/mol. The van der Waals surface area contributed by atoms with Gasteiger partial charge in [-0.15, -0.1) is 0 Å². The Bertz CT molecular complexity index is 1110. The molecule has 152 valence electrons. The van der Waals surface area contributed by atoms with Gasteiger partial charge in [-0.2, -0.15) is 0 Å². The van der Waals surface area contributed by atoms with E-state index in [1.807, 2.05) is 13.0 Å². The van der Waals surface area contributed by atoms with Crippen LogP contribution in [0.5, 0.6) is 11.5 Å². The van der Waals surface area contributed by atoms with Crippen LogP contribution in [0.3, 0.4) is 0 Å². The second-order valence-electron chi connectivity index (χ2n) is 9.05. The van der Waals surface area contributed by atoms with Crippen LogP contribution in [0.25, 0.3) is 0 Å². The maximum absolute atomic E-state index is 13.1. The number of likely N-dealkylation sites (tertiary alicyclic amines) is 1. The van der Waals surface area contributed by atoms with E-state index in [4.69, 9.17) is 13.6 Å². The molecule has 2 aliphatic heterocycles. The number of nitrogens with zero attached hydrogens (tertiary/aromatic N) is 1. The molecule has 1 unspecified atom stereocenters. The number of carbonyl (C=O) groups is 1. The first-order valence-electron chi connectivity index (χ1n) is 10.3. The highest BCUT2D eigenvalue weighted by atomic mass is 16.6. The highest BCUT2D eigenvalue weighted by Crippen LogP contribution is 2.66. The van der Waals surface area contributed by atoms with E-state index in [1.54, 1.807) is 13.0 Å². The fourth-order valence-corrected chi connectivity index (χ4v) is 6.73. The Balaban J connectivity index is 1.50. The molecule has 1 aromatic carbocycles. The number of carbonyl (C=O) groups excluding carboxylic acids is 1. The van der Waals surface area contributed by atoms with Crippen LogP contribution < -0.4 is 10.6 Å². The van der Waals surface area contributed by atoms with Gasteiger partial charge in [0.2, 0.25) is 0 Å². The molecule has 4 aliphatic rings. The molecule has 1 N–H and O–H groups in total. The van der Waals surface area contributed by atoms with Crippen molar-refractivity contribution in [2.75, 3.05) is 6.54 Å². The van der Waals surface area contributed by atoms with Crippen molar-refractivity contribution < 1.29 is 23.5 Å². The van der Waals surface area contributed by atoms with E-state index in [9.17, 15) is 14.7 Å². The number of piperidine rings is 1. The maximum Gasteiger partial charge on any atom is 0.519 e. The van der Waals surface area contributed by atoms with Gasteiger partial charge in [0.05, 0.1) is 12.0 Å². The molecule has 0 amide bonds. The third-order valence-corrected chi connectivity index (χ3v) is 8.01. The van der Waals surface area contributed by atoms with Crippen LogP contribution in [0, 0.1) is 12.8 Å². The minimum Gasteiger partial charge on any atom is -0.504 e. The smallest absolute Gasteiger partial charge is 0.504 e. The summed E-state index contributed by atoms with van der Waals surface area (Å²) in [7, 11) is 0. The largest absolute Gasteiger partial charge is 0.519 e. The van der Waals surface area contributed by atoms with Gasteiger partial charge in [0.1, 0.15) is 5.76 Å². The Morgan fingerprint density at radius 2 is 2.10 bits per heavy atom. The SMILES string of the molecule is Cc1oc(=O)oc1CN1CC[C@]23c4c5ccc(O)c4O[C@@]2(C)C(=O)CC[C@H]3C1C5. The molecular formula is C22H23NO6. The molecule has 1 saturated heterocycles. The molecule has 2 aliphatic carbocycles. The van der Waals surface area contributed by atoms with Crippen LogP contribution >= 0.6 is 0 Å². The number of rotatable bonds is 2. The lowest BCUT2D eigenvalue weighted by Crippen LogP contribution is -2.70. The minimum absolute atomic E-state index is 0.122. The van der Waals surface area contributed by atoms with Crippen molar-refractivity contribution >= 4 is 5.78 Å². The lowest BCUT2D eigenvalue weighted by Gasteiger charge is -2.60. The zero-order chi connectivity index (χ0) is 20.1. The number of aryl methyl sites for hydroxylation is 1. The average molecular weight is 397 g/mol. The summed E-state index contributed by atoms with van der Waals surface area (Å²) in [5.41, 5.74) is 0.860. The Kier molecular flexibility index (Phi) is 3.18. The van der Waals surface area contributed by atoms with Crippen LogP contribution in [-0.2, 0) is 23.2 Å². The van der Waals surface area contributed by atoms with Crippen LogP contribution in [-0.4, -0.2) is 34.0 Å². The fraction of sp³-hybridized carbons (Fsp3) is 0.545. The molecule has 1 aromatic heterocycles. The number of phenols is 1. The molecule has 2 fully saturated rings. The van der Waals surface area contributed by atoms with Crippen molar-refractivity contribution in [3.8, 4) is 11.5 Å². The Morgan fingerprint density at radius 3 is 2.86 bits per heavy atom. The number of phenolic OH excluding ortho intramolecular Hbond substituents is 1. The standard InChI is InChI=1S/C22H23NO6/c1-11-16(28-20(26)27-11)10-23-8-7-22-13-4-6-17(25)21(22,2)29-19-15(24)5-3-12(18(19)22)9-14(13)23/h3,5,13-14,24H,4,6-10H2,1-2H3/t13-,14?,21-,22-/m0/s1. The summed E-state index contributed by atoms with van der Waals surface area (Å²) in [4.78, 5) is 26.9. The zero-order valence-electron chi connectivity index (χ0n) is 16.5. The average Bonchev–Trinajstić information content (AvgIpc) is 3.14. The van der Waals surface area contributed by atoms with Crippen LogP contribution in [0.4, 0.5) is 0 Å². The van der Waals surface area contributed by atoms with Gasteiger partial charge in [-0.25, -0.2) is 4.79 Å². The van der Waals surface area contributed by atoms with E-state index >= 15 is 0 Å². The summed E-state index contributed by atoms with van der Waals surface area (Å²) >= 11 is 0. The van der Waals surface area contributed by atoms with E-state index in [0.29, 0.717) is 30.2 Å². The molecule has 2 bridgehead atoms. The first-order chi connectivity index (χ1) is 13.8. The molecule has 2 aromatic rings. The first kappa shape index (κ1) is 17.3. The van der Waals surface area contributed by atoms with Crippen molar-refractivity contribution in [1.29, 1.82) is 0 Å². The van der Waals surface area contributed by atoms with Crippen LogP contribution in [0.1, 0.15) is 48.8 Å². The van der Waals surface area contributed by atoms with Gasteiger partial charge in [0.15, 0.2) is 28.6 Å². The normalized spacial score (nSPS) is 34.8. The molecule has 3 heterocycles. The Labute approximate surface area is 167 Å². The summed E-state index contributed by atoms with van der Waals surface area (Å²) in [6, 6.07) is 3.86. The summed E-state index contributed by atoms with van der Waals surface area (Å²) in [6.45, 7) is 4.94. The molecular weight excluding hydrogens is 374 g/mol. The predicted octanol–water partition coefficient (Wildman–Crippen LogP) is 2.45. The summed E-state index contributed by atoms with van der Waals surface area (Å²) < 4.78 is 16.6. The quantitative estimate of drug-likeness (QED) is 0.832. The Morgan fingerprint density at radius 1 is 1.28 bits per heavy atom. The molecule has 0 radical (unpaired) electrons. The van der Waals surface area contributed by atoms with E-state index in [0.717, 1.165) is 36.9 Å². The lowest BCUT2D eigenvalue weighted by atomic mass is 9.47. The number of ether oxygens (including phenoxy) is 1. The predicted molar refractivity (Wildman–Crippen MR) is 101 cm³/mol. The second-order valence-corrected chi connectivity index (χ2v) is 9.05. The third-order valence-electron chi connectivity index (χ3n) is 8.01. The number of Topliss-reactive ketones (excluding diaryl/α,β-unsaturated/α-hetero) is 1. The van der Waals surface area contributed by atoms with E-state index in [-0.39, 0.29) is 23.5 Å². The van der Waals surface area contributed by atoms with E-state index in [2.05, 4.69) is 4.90 Å². The third kappa shape index (κ3) is 1.92. The minimum atomic E-state index is -0.936. The van der Waals surface area contributed by atoms with Crippen molar-refractivity contribution in [3.63, 3.8) is 0 Å². The molecule has 7 heteroatoms.